The first-order valence-corrected chi connectivity index (χ1v) is 4.01. The molecule has 1 rings (SSSR count). The van der Waals surface area contributed by atoms with Crippen molar-refractivity contribution in [1.29, 1.82) is 0 Å². The van der Waals surface area contributed by atoms with Crippen LogP contribution in [0.3, 0.4) is 0 Å². The van der Waals surface area contributed by atoms with Crippen molar-refractivity contribution in [3.63, 3.8) is 0 Å². The molecule has 1 heterocycles. The third-order valence-electron chi connectivity index (χ3n) is 1.97. The average molecular weight is 188 g/mol. The van der Waals surface area contributed by atoms with Gasteiger partial charge in [-0.05, 0) is 12.8 Å². The van der Waals surface area contributed by atoms with Crippen LogP contribution in [-0.4, -0.2) is 40.2 Å². The summed E-state index contributed by atoms with van der Waals surface area (Å²) in [7, 11) is 0. The van der Waals surface area contributed by atoms with Crippen molar-refractivity contribution in [2.24, 2.45) is 10.8 Å². The summed E-state index contributed by atoms with van der Waals surface area (Å²) in [4.78, 5) is 11.6. The Kier molecular flexibility index (Phi) is 3.02. The number of nitro groups is 1. The van der Waals surface area contributed by atoms with Crippen molar-refractivity contribution in [3.05, 3.63) is 10.1 Å². The minimum atomic E-state index is -0.819. The van der Waals surface area contributed by atoms with Gasteiger partial charge >= 0.3 is 0 Å². The van der Waals surface area contributed by atoms with Crippen LogP contribution in [-0.2, 0) is 0 Å². The molecule has 0 atom stereocenters. The predicted molar refractivity (Wildman–Crippen MR) is 45.4 cm³/mol. The van der Waals surface area contributed by atoms with Crippen molar-refractivity contribution in [3.8, 4) is 0 Å². The number of nitrogens with zero attached hydrogens (tertiary/aromatic N) is 3. The van der Waals surface area contributed by atoms with E-state index >= 15 is 0 Å². The third kappa shape index (κ3) is 2.86. The molecule has 0 aromatic heterocycles. The van der Waals surface area contributed by atoms with E-state index in [1.165, 1.54) is 0 Å². The van der Waals surface area contributed by atoms with Crippen molar-refractivity contribution in [2.75, 3.05) is 13.1 Å². The Morgan fingerprint density at radius 1 is 1.62 bits per heavy atom. The summed E-state index contributed by atoms with van der Waals surface area (Å²) in [5.74, 6) is -0.0862. The fraction of sp³-hybridized carbons (Fsp3) is 0.833. The minimum Gasteiger partial charge on any atom is -0.393 e. The molecule has 7 nitrogen and oxygen atoms in total. The second-order valence-corrected chi connectivity index (χ2v) is 2.91. The van der Waals surface area contributed by atoms with Crippen molar-refractivity contribution < 1.29 is 10.1 Å². The predicted octanol–water partition coefficient (Wildman–Crippen LogP) is -1.05. The molecule has 13 heavy (non-hydrogen) atoms. The summed E-state index contributed by atoms with van der Waals surface area (Å²) in [6.45, 7) is 1.04. The fourth-order valence-corrected chi connectivity index (χ4v) is 1.24. The molecule has 3 N–H and O–H groups in total. The molecular weight excluding hydrogens is 176 g/mol. The Morgan fingerprint density at radius 3 is 2.62 bits per heavy atom. The maximum absolute atomic E-state index is 9.98. The number of hydrogen-bond acceptors (Lipinski definition) is 3. The lowest BCUT2D eigenvalue weighted by Gasteiger charge is -2.28. The fourth-order valence-electron chi connectivity index (χ4n) is 1.24. The molecule has 0 unspecified atom stereocenters. The summed E-state index contributed by atoms with van der Waals surface area (Å²) < 4.78 is 0. The first-order chi connectivity index (χ1) is 6.09. The number of nitrogens with two attached hydrogens (primary N) is 1. The Morgan fingerprint density at radius 2 is 2.15 bits per heavy atom. The molecule has 0 radical (unpaired) electrons. The van der Waals surface area contributed by atoms with Crippen LogP contribution in [0, 0.1) is 10.1 Å². The van der Waals surface area contributed by atoms with Gasteiger partial charge in [0, 0.05) is 13.1 Å². The highest BCUT2D eigenvalue weighted by Gasteiger charge is 2.19. The quantitative estimate of drug-likeness (QED) is 0.236. The molecule has 1 aliphatic rings. The monoisotopic (exact) mass is 188 g/mol. The SMILES string of the molecule is NC(=N[N+](=O)[O-])N1CCC(O)CC1. The van der Waals surface area contributed by atoms with Crippen molar-refractivity contribution >= 4 is 5.96 Å². The molecule has 0 aromatic rings. The maximum atomic E-state index is 9.98. The van der Waals surface area contributed by atoms with Gasteiger partial charge in [0.1, 0.15) is 5.10 Å². The van der Waals surface area contributed by atoms with E-state index in [2.05, 4.69) is 5.10 Å². The number of hydrogen-bond donors (Lipinski definition) is 2. The average Bonchev–Trinajstić information content (AvgIpc) is 2.04. The van der Waals surface area contributed by atoms with Gasteiger partial charge in [-0.1, -0.05) is 0 Å². The highest BCUT2D eigenvalue weighted by atomic mass is 16.7. The van der Waals surface area contributed by atoms with E-state index in [0.29, 0.717) is 25.9 Å². The van der Waals surface area contributed by atoms with Crippen LogP contribution in [0.25, 0.3) is 0 Å². The summed E-state index contributed by atoms with van der Waals surface area (Å²) in [5.41, 5.74) is 5.35. The van der Waals surface area contributed by atoms with Crippen LogP contribution in [0.15, 0.2) is 5.10 Å². The normalized spacial score (nSPS) is 20.4. The van der Waals surface area contributed by atoms with E-state index in [1.807, 2.05) is 0 Å². The molecule has 0 spiro atoms. The third-order valence-corrected chi connectivity index (χ3v) is 1.97. The summed E-state index contributed by atoms with van der Waals surface area (Å²) >= 11 is 0. The van der Waals surface area contributed by atoms with Crippen LogP contribution >= 0.6 is 0 Å². The largest absolute Gasteiger partial charge is 0.393 e. The van der Waals surface area contributed by atoms with E-state index in [1.54, 1.807) is 4.90 Å². The van der Waals surface area contributed by atoms with Gasteiger partial charge in [0.25, 0.3) is 5.96 Å². The molecule has 74 valence electrons. The van der Waals surface area contributed by atoms with E-state index in [4.69, 9.17) is 10.8 Å². The zero-order valence-electron chi connectivity index (χ0n) is 7.09. The Balaban J connectivity index is 2.49. The topological polar surface area (TPSA) is 105 Å². The molecule has 1 fully saturated rings. The number of piperidine rings is 1. The van der Waals surface area contributed by atoms with Crippen LogP contribution in [0.2, 0.25) is 0 Å². The number of aliphatic hydroxyl groups excluding tert-OH is 1. The molecule has 0 saturated carbocycles. The van der Waals surface area contributed by atoms with E-state index in [-0.39, 0.29) is 12.1 Å². The van der Waals surface area contributed by atoms with Gasteiger partial charge < -0.3 is 15.7 Å². The molecule has 1 saturated heterocycles. The van der Waals surface area contributed by atoms with E-state index in [9.17, 15) is 10.1 Å². The van der Waals surface area contributed by atoms with Crippen LogP contribution in [0.1, 0.15) is 12.8 Å². The second kappa shape index (κ2) is 4.04. The first-order valence-electron chi connectivity index (χ1n) is 4.01. The molecule has 0 bridgehead atoms. The van der Waals surface area contributed by atoms with E-state index < -0.39 is 5.03 Å². The van der Waals surface area contributed by atoms with Crippen molar-refractivity contribution in [2.45, 2.75) is 18.9 Å². The van der Waals surface area contributed by atoms with Gasteiger partial charge in [0.05, 0.1) is 6.10 Å². The van der Waals surface area contributed by atoms with E-state index in [0.717, 1.165) is 0 Å². The number of aliphatic hydroxyl groups is 1. The van der Waals surface area contributed by atoms with Crippen LogP contribution in [0.5, 0.6) is 0 Å². The first kappa shape index (κ1) is 9.72. The maximum Gasteiger partial charge on any atom is 0.268 e. The molecule has 0 aliphatic carbocycles. The van der Waals surface area contributed by atoms with Crippen LogP contribution in [0.4, 0.5) is 0 Å². The minimum absolute atomic E-state index is 0.0862. The Hall–Kier alpha value is -1.37. The summed E-state index contributed by atoms with van der Waals surface area (Å²) in [5, 5.41) is 21.3. The van der Waals surface area contributed by atoms with Gasteiger partial charge in [-0.3, -0.25) is 0 Å². The summed E-state index contributed by atoms with van der Waals surface area (Å²) in [6.07, 6.45) is 0.835. The molecule has 0 amide bonds. The van der Waals surface area contributed by atoms with Gasteiger partial charge in [-0.25, -0.2) is 10.1 Å². The number of guanidine groups is 1. The number of likely N-dealkylation sites (tertiary alicyclic amines) is 1. The molecule has 7 heteroatoms. The Labute approximate surface area is 75.0 Å². The standard InChI is InChI=1S/C6H12N4O3/c7-6(8-10(12)13)9-3-1-5(11)2-4-9/h5,11H,1-4H2,(H2,7,8). The van der Waals surface area contributed by atoms with Crippen LogP contribution < -0.4 is 5.73 Å². The lowest BCUT2D eigenvalue weighted by Crippen LogP contribution is -2.44. The highest BCUT2D eigenvalue weighted by Crippen LogP contribution is 2.08. The zero-order valence-corrected chi connectivity index (χ0v) is 7.09. The molecule has 0 aromatic carbocycles. The second-order valence-electron chi connectivity index (χ2n) is 2.91. The molecular formula is C6H12N4O3. The number of rotatable bonds is 1. The zero-order chi connectivity index (χ0) is 9.84. The lowest BCUT2D eigenvalue weighted by molar-refractivity contribution is -0.485. The van der Waals surface area contributed by atoms with Gasteiger partial charge in [-0.15, -0.1) is 0 Å². The number of hydrazone groups is 1. The van der Waals surface area contributed by atoms with Crippen molar-refractivity contribution in [1.82, 2.24) is 4.90 Å². The smallest absolute Gasteiger partial charge is 0.268 e. The Bertz CT molecular complexity index is 222. The lowest BCUT2D eigenvalue weighted by atomic mass is 10.1. The van der Waals surface area contributed by atoms with Gasteiger partial charge in [0.2, 0.25) is 0 Å². The van der Waals surface area contributed by atoms with Gasteiger partial charge in [-0.2, -0.15) is 0 Å². The summed E-state index contributed by atoms with van der Waals surface area (Å²) in [6, 6.07) is 0. The molecule has 1 aliphatic heterocycles. The highest BCUT2D eigenvalue weighted by molar-refractivity contribution is 5.77. The van der Waals surface area contributed by atoms with Gasteiger partial charge in [0.15, 0.2) is 5.03 Å².